The molecule has 0 aromatic carbocycles. The van der Waals surface area contributed by atoms with Crippen molar-refractivity contribution in [2.24, 2.45) is 5.92 Å². The maximum atomic E-state index is 11.9. The summed E-state index contributed by atoms with van der Waals surface area (Å²) in [5, 5.41) is 8.68. The summed E-state index contributed by atoms with van der Waals surface area (Å²) in [6.45, 7) is 2.94. The number of nitrogens with zero attached hydrogens (tertiary/aromatic N) is 1. The summed E-state index contributed by atoms with van der Waals surface area (Å²) in [5.41, 5.74) is 0. The van der Waals surface area contributed by atoms with Crippen LogP contribution in [0, 0.1) is 5.92 Å². The summed E-state index contributed by atoms with van der Waals surface area (Å²) >= 11 is 0. The number of carboxylic acid groups (broad SMARTS) is 1. The fourth-order valence-electron chi connectivity index (χ4n) is 1.57. The van der Waals surface area contributed by atoms with E-state index in [1.54, 1.807) is 13.8 Å². The van der Waals surface area contributed by atoms with E-state index in [0.717, 1.165) is 17.1 Å². The molecule has 0 aromatic rings. The van der Waals surface area contributed by atoms with Crippen LogP contribution in [0.5, 0.6) is 0 Å². The molecule has 0 unspecified atom stereocenters. The Morgan fingerprint density at radius 3 is 2.38 bits per heavy atom. The van der Waals surface area contributed by atoms with Gasteiger partial charge in [0.05, 0.1) is 5.75 Å². The molecule has 1 fully saturated rings. The van der Waals surface area contributed by atoms with E-state index in [4.69, 9.17) is 5.11 Å². The van der Waals surface area contributed by atoms with Crippen LogP contribution >= 0.6 is 0 Å². The van der Waals surface area contributed by atoms with Gasteiger partial charge in [0.15, 0.2) is 0 Å². The highest BCUT2D eigenvalue weighted by Gasteiger charge is 2.30. The van der Waals surface area contributed by atoms with Gasteiger partial charge < -0.3 is 5.11 Å². The molecular formula is C10H19NO4S. The second-order valence-electron chi connectivity index (χ2n) is 4.58. The van der Waals surface area contributed by atoms with E-state index >= 15 is 0 Å². The monoisotopic (exact) mass is 249 g/mol. The van der Waals surface area contributed by atoms with Gasteiger partial charge in [0, 0.05) is 6.04 Å². The van der Waals surface area contributed by atoms with Crippen LogP contribution in [0.15, 0.2) is 0 Å². The van der Waals surface area contributed by atoms with Crippen LogP contribution < -0.4 is 0 Å². The minimum absolute atomic E-state index is 0.0725. The minimum Gasteiger partial charge on any atom is -0.480 e. The van der Waals surface area contributed by atoms with Crippen LogP contribution in [0.2, 0.25) is 0 Å². The van der Waals surface area contributed by atoms with E-state index < -0.39 is 22.5 Å². The van der Waals surface area contributed by atoms with Gasteiger partial charge in [0.25, 0.3) is 0 Å². The lowest BCUT2D eigenvalue weighted by Crippen LogP contribution is -2.41. The number of hydrogen-bond acceptors (Lipinski definition) is 3. The van der Waals surface area contributed by atoms with Gasteiger partial charge in [0.1, 0.15) is 6.54 Å². The fraction of sp³-hybridized carbons (Fsp3) is 0.900. The first-order valence-corrected chi connectivity index (χ1v) is 7.15. The molecular weight excluding hydrogens is 230 g/mol. The molecule has 0 saturated heterocycles. The standard InChI is InChI=1S/C10H19NO4S/c1-8(2)11(7-10(12)13)16(14,15)6-5-9-3-4-9/h8-9H,3-7H2,1-2H3,(H,12,13). The van der Waals surface area contributed by atoms with Gasteiger partial charge in [-0.25, -0.2) is 8.42 Å². The summed E-state index contributed by atoms with van der Waals surface area (Å²) < 4.78 is 24.9. The van der Waals surface area contributed by atoms with Crippen molar-refractivity contribution in [3.8, 4) is 0 Å². The van der Waals surface area contributed by atoms with Crippen molar-refractivity contribution >= 4 is 16.0 Å². The van der Waals surface area contributed by atoms with E-state index in [0.29, 0.717) is 12.3 Å². The van der Waals surface area contributed by atoms with Crippen LogP contribution in [-0.4, -0.2) is 42.1 Å². The lowest BCUT2D eigenvalue weighted by Gasteiger charge is -2.23. The molecule has 1 rings (SSSR count). The van der Waals surface area contributed by atoms with Crippen LogP contribution in [0.25, 0.3) is 0 Å². The molecule has 0 spiro atoms. The first-order valence-electron chi connectivity index (χ1n) is 5.54. The third-order valence-electron chi connectivity index (χ3n) is 2.71. The van der Waals surface area contributed by atoms with Crippen molar-refractivity contribution in [2.45, 2.75) is 39.2 Å². The highest BCUT2D eigenvalue weighted by atomic mass is 32.2. The molecule has 1 saturated carbocycles. The molecule has 1 N–H and O–H groups in total. The Hall–Kier alpha value is -0.620. The fourth-order valence-corrected chi connectivity index (χ4v) is 3.39. The molecule has 5 nitrogen and oxygen atoms in total. The SMILES string of the molecule is CC(C)N(CC(=O)O)S(=O)(=O)CCC1CC1. The maximum absolute atomic E-state index is 11.9. The summed E-state index contributed by atoms with van der Waals surface area (Å²) in [5.74, 6) is -0.499. The van der Waals surface area contributed by atoms with Gasteiger partial charge in [-0.2, -0.15) is 4.31 Å². The van der Waals surface area contributed by atoms with Crippen molar-refractivity contribution in [3.63, 3.8) is 0 Å². The van der Waals surface area contributed by atoms with Gasteiger partial charge in [-0.05, 0) is 26.2 Å². The third-order valence-corrected chi connectivity index (χ3v) is 4.72. The second-order valence-corrected chi connectivity index (χ2v) is 6.62. The molecule has 1 aliphatic rings. The topological polar surface area (TPSA) is 74.7 Å². The predicted molar refractivity (Wildman–Crippen MR) is 60.6 cm³/mol. The van der Waals surface area contributed by atoms with Crippen molar-refractivity contribution in [3.05, 3.63) is 0 Å². The summed E-state index contributed by atoms with van der Waals surface area (Å²) in [6.07, 6.45) is 2.87. The van der Waals surface area contributed by atoms with E-state index in [-0.39, 0.29) is 11.8 Å². The van der Waals surface area contributed by atoms with Gasteiger partial charge in [-0.15, -0.1) is 0 Å². The highest BCUT2D eigenvalue weighted by Crippen LogP contribution is 2.33. The van der Waals surface area contributed by atoms with Crippen molar-refractivity contribution in [2.75, 3.05) is 12.3 Å². The second kappa shape index (κ2) is 5.14. The van der Waals surface area contributed by atoms with Gasteiger partial charge in [-0.1, -0.05) is 12.8 Å². The molecule has 0 radical (unpaired) electrons. The lowest BCUT2D eigenvalue weighted by atomic mass is 10.3. The van der Waals surface area contributed by atoms with Crippen molar-refractivity contribution in [1.29, 1.82) is 0 Å². The Balaban J connectivity index is 2.62. The first-order chi connectivity index (χ1) is 7.33. The van der Waals surface area contributed by atoms with E-state index in [1.165, 1.54) is 0 Å². The van der Waals surface area contributed by atoms with Crippen LogP contribution in [0.3, 0.4) is 0 Å². The van der Waals surface area contributed by atoms with Crippen molar-refractivity contribution in [1.82, 2.24) is 4.31 Å². The smallest absolute Gasteiger partial charge is 0.318 e. The Labute approximate surface area is 96.5 Å². The van der Waals surface area contributed by atoms with Gasteiger partial charge >= 0.3 is 5.97 Å². The molecule has 0 aromatic heterocycles. The Bertz CT molecular complexity index is 346. The summed E-state index contributed by atoms with van der Waals surface area (Å²) in [6, 6.07) is -0.305. The van der Waals surface area contributed by atoms with Crippen LogP contribution in [0.1, 0.15) is 33.1 Å². The molecule has 0 atom stereocenters. The number of sulfonamides is 1. The molecule has 6 heteroatoms. The Kier molecular flexibility index (Phi) is 4.32. The third kappa shape index (κ3) is 4.09. The first kappa shape index (κ1) is 13.4. The number of carboxylic acids is 1. The largest absolute Gasteiger partial charge is 0.480 e. The predicted octanol–water partition coefficient (Wildman–Crippen LogP) is 0.911. The molecule has 0 aliphatic heterocycles. The molecule has 16 heavy (non-hydrogen) atoms. The zero-order chi connectivity index (χ0) is 12.3. The molecule has 0 heterocycles. The molecule has 0 amide bonds. The minimum atomic E-state index is -3.42. The zero-order valence-corrected chi connectivity index (χ0v) is 10.5. The number of carbonyl (C=O) groups is 1. The Morgan fingerprint density at radius 2 is 2.00 bits per heavy atom. The number of aliphatic carboxylic acids is 1. The quantitative estimate of drug-likeness (QED) is 0.727. The Morgan fingerprint density at radius 1 is 1.44 bits per heavy atom. The van der Waals surface area contributed by atoms with Gasteiger partial charge in [-0.3, -0.25) is 4.79 Å². The van der Waals surface area contributed by atoms with Crippen LogP contribution in [0.4, 0.5) is 0 Å². The average Bonchev–Trinajstić information content (AvgIpc) is 2.93. The van der Waals surface area contributed by atoms with E-state index in [9.17, 15) is 13.2 Å². The molecule has 94 valence electrons. The average molecular weight is 249 g/mol. The normalized spacial score (nSPS) is 17.0. The molecule has 1 aliphatic carbocycles. The van der Waals surface area contributed by atoms with E-state index in [2.05, 4.69) is 0 Å². The van der Waals surface area contributed by atoms with E-state index in [1.807, 2.05) is 0 Å². The maximum Gasteiger partial charge on any atom is 0.318 e. The summed E-state index contributed by atoms with van der Waals surface area (Å²) in [4.78, 5) is 10.6. The summed E-state index contributed by atoms with van der Waals surface area (Å²) in [7, 11) is -3.42. The highest BCUT2D eigenvalue weighted by molar-refractivity contribution is 7.89. The zero-order valence-electron chi connectivity index (χ0n) is 9.72. The van der Waals surface area contributed by atoms with Gasteiger partial charge in [0.2, 0.25) is 10.0 Å². The van der Waals surface area contributed by atoms with Crippen molar-refractivity contribution < 1.29 is 18.3 Å². The lowest BCUT2D eigenvalue weighted by molar-refractivity contribution is -0.137. The number of hydrogen-bond donors (Lipinski definition) is 1. The van der Waals surface area contributed by atoms with Crippen LogP contribution in [-0.2, 0) is 14.8 Å². The number of rotatable bonds is 7. The molecule has 0 bridgehead atoms.